The number of anilines is 1. The number of thiophene rings is 1. The number of aromatic nitrogens is 1. The molecule has 1 aliphatic rings. The van der Waals surface area contributed by atoms with Crippen LogP contribution in [0.1, 0.15) is 35.1 Å². The summed E-state index contributed by atoms with van der Waals surface area (Å²) in [6.07, 6.45) is 1.04. The van der Waals surface area contributed by atoms with Crippen LogP contribution in [-0.2, 0) is 19.6 Å². The first-order chi connectivity index (χ1) is 12.8. The molecular weight excluding hydrogens is 410 g/mol. The van der Waals surface area contributed by atoms with Crippen LogP contribution in [0.3, 0.4) is 0 Å². The van der Waals surface area contributed by atoms with Crippen LogP contribution >= 0.6 is 22.7 Å². The Morgan fingerprint density at radius 3 is 2.89 bits per heavy atom. The van der Waals surface area contributed by atoms with E-state index < -0.39 is 27.9 Å². The number of amides is 1. The molecule has 0 aliphatic carbocycles. The van der Waals surface area contributed by atoms with Gasteiger partial charge < -0.3 is 10.1 Å². The average Bonchev–Trinajstić information content (AvgIpc) is 3.36. The van der Waals surface area contributed by atoms with Gasteiger partial charge in [0.2, 0.25) is 5.91 Å². The number of carbonyl (C=O) groups excluding carboxylic acids is 2. The predicted molar refractivity (Wildman–Crippen MR) is 103 cm³/mol. The highest BCUT2D eigenvalue weighted by atomic mass is 32.2. The van der Waals surface area contributed by atoms with Crippen molar-refractivity contribution in [3.8, 4) is 0 Å². The third-order valence-corrected chi connectivity index (χ3v) is 8.39. The number of thiazole rings is 1. The molecule has 1 aliphatic heterocycles. The molecule has 1 unspecified atom stereocenters. The number of hydrogen-bond donors (Lipinski definition) is 1. The van der Waals surface area contributed by atoms with Gasteiger partial charge in [-0.15, -0.1) is 11.3 Å². The second kappa shape index (κ2) is 8.05. The highest BCUT2D eigenvalue weighted by molar-refractivity contribution is 7.91. The third kappa shape index (κ3) is 4.05. The standard InChI is InChI=1S/C16H19N3O5S3/c1-3-24-15(21)13-10(2)17-16(26-13)18-14(20)11-6-4-8-19(11)27(22,23)12-7-5-9-25-12/h5,7,9,11H,3-4,6,8H2,1-2H3,(H,17,18,20). The van der Waals surface area contributed by atoms with Gasteiger partial charge in [0.25, 0.3) is 10.0 Å². The van der Waals surface area contributed by atoms with Crippen molar-refractivity contribution in [1.82, 2.24) is 9.29 Å². The molecule has 2 aromatic rings. The summed E-state index contributed by atoms with van der Waals surface area (Å²) >= 11 is 2.14. The van der Waals surface area contributed by atoms with Gasteiger partial charge in [-0.1, -0.05) is 17.4 Å². The van der Waals surface area contributed by atoms with Crippen molar-refractivity contribution >= 4 is 49.7 Å². The predicted octanol–water partition coefficient (Wildman–Crippen LogP) is 2.48. The molecule has 11 heteroatoms. The Hall–Kier alpha value is -1.82. The van der Waals surface area contributed by atoms with Crippen molar-refractivity contribution < 1.29 is 22.7 Å². The zero-order valence-corrected chi connectivity index (χ0v) is 17.2. The smallest absolute Gasteiger partial charge is 0.350 e. The normalized spacial score (nSPS) is 17.8. The Morgan fingerprint density at radius 2 is 2.22 bits per heavy atom. The minimum absolute atomic E-state index is 0.219. The van der Waals surface area contributed by atoms with Crippen molar-refractivity contribution in [2.45, 2.75) is 36.9 Å². The van der Waals surface area contributed by atoms with Crippen molar-refractivity contribution in [3.05, 3.63) is 28.1 Å². The van der Waals surface area contributed by atoms with Gasteiger partial charge in [-0.2, -0.15) is 4.31 Å². The van der Waals surface area contributed by atoms with Gasteiger partial charge in [0.05, 0.1) is 12.3 Å². The third-order valence-electron chi connectivity index (χ3n) is 4.05. The van der Waals surface area contributed by atoms with Crippen LogP contribution in [0.4, 0.5) is 5.13 Å². The minimum Gasteiger partial charge on any atom is -0.462 e. The fraction of sp³-hybridized carbons (Fsp3) is 0.438. The molecule has 146 valence electrons. The summed E-state index contributed by atoms with van der Waals surface area (Å²) in [6.45, 7) is 3.90. The van der Waals surface area contributed by atoms with Crippen LogP contribution in [0.5, 0.6) is 0 Å². The molecule has 1 N–H and O–H groups in total. The lowest BCUT2D eigenvalue weighted by molar-refractivity contribution is -0.119. The molecule has 8 nitrogen and oxygen atoms in total. The van der Waals surface area contributed by atoms with Gasteiger partial charge >= 0.3 is 5.97 Å². The van der Waals surface area contributed by atoms with E-state index in [-0.39, 0.29) is 15.9 Å². The summed E-state index contributed by atoms with van der Waals surface area (Å²) in [7, 11) is -3.71. The maximum Gasteiger partial charge on any atom is 0.350 e. The van der Waals surface area contributed by atoms with Gasteiger partial charge in [-0.05, 0) is 38.1 Å². The lowest BCUT2D eigenvalue weighted by atomic mass is 10.2. The summed E-state index contributed by atoms with van der Waals surface area (Å²) in [5.41, 5.74) is 0.461. The molecule has 1 amide bonds. The number of hydrogen-bond acceptors (Lipinski definition) is 8. The van der Waals surface area contributed by atoms with E-state index in [4.69, 9.17) is 4.74 Å². The summed E-state index contributed by atoms with van der Waals surface area (Å²) in [4.78, 5) is 29.1. The van der Waals surface area contributed by atoms with E-state index in [0.29, 0.717) is 30.0 Å². The molecule has 1 fully saturated rings. The zero-order valence-electron chi connectivity index (χ0n) is 14.8. The average molecular weight is 430 g/mol. The maximum absolute atomic E-state index is 12.8. The van der Waals surface area contributed by atoms with Gasteiger partial charge in [-0.3, -0.25) is 4.79 Å². The van der Waals surface area contributed by atoms with E-state index in [1.165, 1.54) is 10.4 Å². The Bertz CT molecular complexity index is 937. The Kier molecular flexibility index (Phi) is 5.94. The summed E-state index contributed by atoms with van der Waals surface area (Å²) in [5.74, 6) is -0.937. The minimum atomic E-state index is -3.71. The quantitative estimate of drug-likeness (QED) is 0.707. The van der Waals surface area contributed by atoms with Crippen LogP contribution in [0, 0.1) is 6.92 Å². The van der Waals surface area contributed by atoms with E-state index in [9.17, 15) is 18.0 Å². The van der Waals surface area contributed by atoms with Crippen LogP contribution < -0.4 is 5.32 Å². The van der Waals surface area contributed by atoms with Gasteiger partial charge in [0, 0.05) is 6.54 Å². The fourth-order valence-corrected chi connectivity index (χ4v) is 6.48. The van der Waals surface area contributed by atoms with Crippen LogP contribution in [0.2, 0.25) is 0 Å². The fourth-order valence-electron chi connectivity index (χ4n) is 2.84. The molecule has 3 heterocycles. The van der Waals surface area contributed by atoms with Crippen molar-refractivity contribution in [1.29, 1.82) is 0 Å². The van der Waals surface area contributed by atoms with Crippen molar-refractivity contribution in [3.63, 3.8) is 0 Å². The molecule has 27 heavy (non-hydrogen) atoms. The molecule has 1 atom stereocenters. The number of nitrogens with zero attached hydrogens (tertiary/aromatic N) is 2. The molecule has 0 bridgehead atoms. The van der Waals surface area contributed by atoms with E-state index in [1.807, 2.05) is 0 Å². The van der Waals surface area contributed by atoms with Gasteiger partial charge in [-0.25, -0.2) is 18.2 Å². The van der Waals surface area contributed by atoms with E-state index in [2.05, 4.69) is 10.3 Å². The van der Waals surface area contributed by atoms with E-state index in [1.54, 1.807) is 25.3 Å². The summed E-state index contributed by atoms with van der Waals surface area (Å²) < 4.78 is 31.9. The van der Waals surface area contributed by atoms with Crippen LogP contribution in [0.25, 0.3) is 0 Å². The number of sulfonamides is 1. The second-order valence-corrected chi connectivity index (χ2v) is 9.91. The van der Waals surface area contributed by atoms with Crippen LogP contribution in [-0.4, -0.2) is 48.8 Å². The first-order valence-electron chi connectivity index (χ1n) is 8.35. The first kappa shape index (κ1) is 19.9. The maximum atomic E-state index is 12.8. The monoisotopic (exact) mass is 429 g/mol. The Balaban J connectivity index is 1.76. The SMILES string of the molecule is CCOC(=O)c1sc(NC(=O)C2CCCN2S(=O)(=O)c2cccs2)nc1C. The van der Waals surface area contributed by atoms with Crippen LogP contribution in [0.15, 0.2) is 21.7 Å². The lowest BCUT2D eigenvalue weighted by Crippen LogP contribution is -2.42. The number of esters is 1. The second-order valence-electron chi connectivity index (χ2n) is 5.85. The molecule has 0 saturated carbocycles. The summed E-state index contributed by atoms with van der Waals surface area (Å²) in [6, 6.07) is 2.40. The Morgan fingerprint density at radius 1 is 1.44 bits per heavy atom. The molecule has 3 rings (SSSR count). The van der Waals surface area contributed by atoms with Crippen molar-refractivity contribution in [2.24, 2.45) is 0 Å². The van der Waals surface area contributed by atoms with Gasteiger partial charge in [0.1, 0.15) is 15.1 Å². The zero-order chi connectivity index (χ0) is 19.6. The number of ether oxygens (including phenoxy) is 1. The molecule has 2 aromatic heterocycles. The largest absolute Gasteiger partial charge is 0.462 e. The first-order valence-corrected chi connectivity index (χ1v) is 11.5. The molecule has 0 radical (unpaired) electrons. The molecular formula is C16H19N3O5S3. The highest BCUT2D eigenvalue weighted by Gasteiger charge is 2.40. The molecule has 0 aromatic carbocycles. The number of aryl methyl sites for hydroxylation is 1. The number of nitrogens with one attached hydrogen (secondary N) is 1. The molecule has 0 spiro atoms. The van der Waals surface area contributed by atoms with E-state index >= 15 is 0 Å². The number of rotatable bonds is 6. The molecule has 1 saturated heterocycles. The van der Waals surface area contributed by atoms with E-state index in [0.717, 1.165) is 22.7 Å². The Labute approximate surface area is 165 Å². The highest BCUT2D eigenvalue weighted by Crippen LogP contribution is 2.30. The number of carbonyl (C=O) groups is 2. The van der Waals surface area contributed by atoms with Crippen molar-refractivity contribution in [2.75, 3.05) is 18.5 Å². The topological polar surface area (TPSA) is 106 Å². The van der Waals surface area contributed by atoms with Gasteiger partial charge in [0.15, 0.2) is 5.13 Å². The lowest BCUT2D eigenvalue weighted by Gasteiger charge is -2.22. The summed E-state index contributed by atoms with van der Waals surface area (Å²) in [5, 5.41) is 4.59.